The van der Waals surface area contributed by atoms with Crippen molar-refractivity contribution in [1.29, 1.82) is 5.26 Å². The highest BCUT2D eigenvalue weighted by Gasteiger charge is 2.11. The number of nitriles is 1. The zero-order valence-electron chi connectivity index (χ0n) is 7.13. The lowest BCUT2D eigenvalue weighted by molar-refractivity contribution is -0.132. The molecule has 66 valence electrons. The van der Waals surface area contributed by atoms with Crippen LogP contribution in [0.3, 0.4) is 0 Å². The molecule has 0 aliphatic carbocycles. The largest absolute Gasteiger partial charge is 0.477 e. The molecule has 0 heterocycles. The molecule has 0 rings (SSSR count). The minimum Gasteiger partial charge on any atom is -0.477 e. The number of hydrogen-bond acceptors (Lipinski definition) is 3. The second-order valence-corrected chi connectivity index (χ2v) is 2.18. The molecule has 0 radical (unpaired) electrons. The molecule has 4 heteroatoms. The average molecular weight is 169 g/mol. The van der Waals surface area contributed by atoms with Crippen molar-refractivity contribution in [2.75, 3.05) is 13.7 Å². The van der Waals surface area contributed by atoms with E-state index in [9.17, 15) is 4.79 Å². The summed E-state index contributed by atoms with van der Waals surface area (Å²) in [6, 6.07) is 1.64. The second kappa shape index (κ2) is 5.33. The van der Waals surface area contributed by atoms with E-state index in [1.165, 1.54) is 7.11 Å². The minimum atomic E-state index is -1.19. The molecule has 0 unspecified atom stereocenters. The Hall–Kier alpha value is -1.34. The highest BCUT2D eigenvalue weighted by molar-refractivity contribution is 5.92. The molecule has 0 aromatic carbocycles. The van der Waals surface area contributed by atoms with Gasteiger partial charge in [-0.2, -0.15) is 5.26 Å². The van der Waals surface area contributed by atoms with Gasteiger partial charge < -0.3 is 9.84 Å². The van der Waals surface area contributed by atoms with E-state index in [0.717, 1.165) is 0 Å². The van der Waals surface area contributed by atoms with Gasteiger partial charge in [0.2, 0.25) is 0 Å². The van der Waals surface area contributed by atoms with Crippen molar-refractivity contribution in [1.82, 2.24) is 0 Å². The number of carboxylic acids is 1. The summed E-state index contributed by atoms with van der Waals surface area (Å²) in [4.78, 5) is 10.5. The lowest BCUT2D eigenvalue weighted by Crippen LogP contribution is -2.06. The lowest BCUT2D eigenvalue weighted by atomic mass is 10.1. The van der Waals surface area contributed by atoms with Crippen molar-refractivity contribution < 1.29 is 14.6 Å². The summed E-state index contributed by atoms with van der Waals surface area (Å²) in [5, 5.41) is 17.0. The molecule has 0 saturated heterocycles. The van der Waals surface area contributed by atoms with Crippen LogP contribution in [0.15, 0.2) is 11.1 Å². The molecule has 0 spiro atoms. The fraction of sp³-hybridized carbons (Fsp3) is 0.500. The van der Waals surface area contributed by atoms with Crippen LogP contribution < -0.4 is 0 Å². The Bertz CT molecular complexity index is 237. The summed E-state index contributed by atoms with van der Waals surface area (Å²) in [5.74, 6) is -1.19. The summed E-state index contributed by atoms with van der Waals surface area (Å²) in [7, 11) is 1.46. The first-order valence-electron chi connectivity index (χ1n) is 3.51. The Morgan fingerprint density at radius 3 is 2.50 bits per heavy atom. The molecule has 0 saturated carbocycles. The van der Waals surface area contributed by atoms with E-state index in [4.69, 9.17) is 15.1 Å². The molecule has 0 aromatic heterocycles. The zero-order valence-corrected chi connectivity index (χ0v) is 7.13. The summed E-state index contributed by atoms with van der Waals surface area (Å²) < 4.78 is 4.76. The van der Waals surface area contributed by atoms with Gasteiger partial charge in [-0.25, -0.2) is 4.79 Å². The first-order chi connectivity index (χ1) is 5.67. The monoisotopic (exact) mass is 169 g/mol. The fourth-order valence-corrected chi connectivity index (χ4v) is 0.803. The van der Waals surface area contributed by atoms with Crippen molar-refractivity contribution in [3.05, 3.63) is 11.1 Å². The number of methoxy groups -OCH3 is 1. The average Bonchev–Trinajstić information content (AvgIpc) is 2.03. The molecule has 0 fully saturated rings. The van der Waals surface area contributed by atoms with Gasteiger partial charge >= 0.3 is 5.97 Å². The second-order valence-electron chi connectivity index (χ2n) is 2.18. The number of rotatable bonds is 4. The standard InChI is InChI=1S/C8H11NO3/c1-3-6(5-12-2)7(4-9)8(10)11/h3,5H2,1-2H3,(H,10,11). The number of nitrogens with zero attached hydrogens (tertiary/aromatic N) is 1. The highest BCUT2D eigenvalue weighted by atomic mass is 16.5. The van der Waals surface area contributed by atoms with Gasteiger partial charge in [0.25, 0.3) is 0 Å². The maximum Gasteiger partial charge on any atom is 0.346 e. The van der Waals surface area contributed by atoms with Crippen molar-refractivity contribution in [2.45, 2.75) is 13.3 Å². The van der Waals surface area contributed by atoms with Crippen LogP contribution in [-0.4, -0.2) is 24.8 Å². The van der Waals surface area contributed by atoms with E-state index in [0.29, 0.717) is 12.0 Å². The van der Waals surface area contributed by atoms with Gasteiger partial charge in [-0.15, -0.1) is 0 Å². The molecular weight excluding hydrogens is 158 g/mol. The number of aliphatic carboxylic acids is 1. The third kappa shape index (κ3) is 2.72. The van der Waals surface area contributed by atoms with Gasteiger partial charge in [-0.1, -0.05) is 6.92 Å². The van der Waals surface area contributed by atoms with Crippen LogP contribution in [0.25, 0.3) is 0 Å². The van der Waals surface area contributed by atoms with Crippen molar-refractivity contribution in [3.8, 4) is 6.07 Å². The van der Waals surface area contributed by atoms with Crippen molar-refractivity contribution >= 4 is 5.97 Å². The van der Waals surface area contributed by atoms with Gasteiger partial charge in [0.15, 0.2) is 0 Å². The van der Waals surface area contributed by atoms with Gasteiger partial charge in [-0.3, -0.25) is 0 Å². The number of hydrogen-bond donors (Lipinski definition) is 1. The van der Waals surface area contributed by atoms with E-state index in [-0.39, 0.29) is 12.2 Å². The van der Waals surface area contributed by atoms with Crippen LogP contribution >= 0.6 is 0 Å². The van der Waals surface area contributed by atoms with Crippen LogP contribution in [0.4, 0.5) is 0 Å². The number of carbonyl (C=O) groups is 1. The molecule has 0 aliphatic rings. The van der Waals surface area contributed by atoms with E-state index in [1.54, 1.807) is 13.0 Å². The molecular formula is C8H11NO3. The number of carboxylic acid groups (broad SMARTS) is 1. The molecule has 4 nitrogen and oxygen atoms in total. The normalized spacial score (nSPS) is 11.8. The zero-order chi connectivity index (χ0) is 9.56. The quantitative estimate of drug-likeness (QED) is 0.502. The fourth-order valence-electron chi connectivity index (χ4n) is 0.803. The Morgan fingerprint density at radius 2 is 2.25 bits per heavy atom. The molecule has 0 atom stereocenters. The summed E-state index contributed by atoms with van der Waals surface area (Å²) in [6.45, 7) is 1.99. The van der Waals surface area contributed by atoms with E-state index >= 15 is 0 Å². The Kier molecular flexibility index (Phi) is 4.73. The van der Waals surface area contributed by atoms with Gasteiger partial charge in [-0.05, 0) is 12.0 Å². The molecule has 0 aliphatic heterocycles. The van der Waals surface area contributed by atoms with Crippen LogP contribution in [0, 0.1) is 11.3 Å². The van der Waals surface area contributed by atoms with Crippen molar-refractivity contribution in [2.24, 2.45) is 0 Å². The lowest BCUT2D eigenvalue weighted by Gasteiger charge is -2.02. The van der Waals surface area contributed by atoms with Gasteiger partial charge in [0.1, 0.15) is 11.6 Å². The molecule has 0 amide bonds. The molecule has 0 bridgehead atoms. The summed E-state index contributed by atoms with van der Waals surface area (Å²) in [5.41, 5.74) is 0.312. The minimum absolute atomic E-state index is 0.200. The predicted octanol–water partition coefficient (Wildman–Crippen LogP) is 0.948. The predicted molar refractivity (Wildman–Crippen MR) is 42.4 cm³/mol. The van der Waals surface area contributed by atoms with Crippen LogP contribution in [0.1, 0.15) is 13.3 Å². The smallest absolute Gasteiger partial charge is 0.346 e. The van der Waals surface area contributed by atoms with Crippen LogP contribution in [-0.2, 0) is 9.53 Å². The van der Waals surface area contributed by atoms with E-state index < -0.39 is 5.97 Å². The first kappa shape index (κ1) is 10.7. The highest BCUT2D eigenvalue weighted by Crippen LogP contribution is 2.08. The number of ether oxygens (including phenoxy) is 1. The Morgan fingerprint density at radius 1 is 1.67 bits per heavy atom. The van der Waals surface area contributed by atoms with E-state index in [2.05, 4.69) is 0 Å². The summed E-state index contributed by atoms with van der Waals surface area (Å²) in [6.07, 6.45) is 0.517. The van der Waals surface area contributed by atoms with Crippen LogP contribution in [0.2, 0.25) is 0 Å². The molecule has 0 aromatic rings. The Labute approximate surface area is 71.1 Å². The Balaban J connectivity index is 4.77. The van der Waals surface area contributed by atoms with Crippen molar-refractivity contribution in [3.63, 3.8) is 0 Å². The van der Waals surface area contributed by atoms with Crippen LogP contribution in [0.5, 0.6) is 0 Å². The van der Waals surface area contributed by atoms with Gasteiger partial charge in [0, 0.05) is 7.11 Å². The maximum atomic E-state index is 10.5. The maximum absolute atomic E-state index is 10.5. The summed E-state index contributed by atoms with van der Waals surface area (Å²) >= 11 is 0. The third-order valence-corrected chi connectivity index (χ3v) is 1.42. The topological polar surface area (TPSA) is 70.3 Å². The SMILES string of the molecule is CCC(COC)=C(C#N)C(=O)O. The molecule has 12 heavy (non-hydrogen) atoms. The van der Waals surface area contributed by atoms with Gasteiger partial charge in [0.05, 0.1) is 6.61 Å². The third-order valence-electron chi connectivity index (χ3n) is 1.42. The molecule has 1 N–H and O–H groups in total. The first-order valence-corrected chi connectivity index (χ1v) is 3.51. The van der Waals surface area contributed by atoms with E-state index in [1.807, 2.05) is 0 Å².